The van der Waals surface area contributed by atoms with E-state index >= 15 is 0 Å². The van der Waals surface area contributed by atoms with Crippen molar-refractivity contribution in [2.75, 3.05) is 20.3 Å². The number of hydrogen-bond donors (Lipinski definition) is 0. The Morgan fingerprint density at radius 2 is 1.65 bits per heavy atom. The monoisotopic (exact) mass is 423 g/mol. The summed E-state index contributed by atoms with van der Waals surface area (Å²) in [5, 5.41) is 4.23. The molecule has 0 amide bonds. The summed E-state index contributed by atoms with van der Waals surface area (Å²) in [6, 6.07) is 12.7. The summed E-state index contributed by atoms with van der Waals surface area (Å²) in [4.78, 5) is 5.05. The highest BCUT2D eigenvalue weighted by Gasteiger charge is 2.21. The van der Waals surface area contributed by atoms with Crippen LogP contribution < -0.4 is 9.47 Å². The SMILES string of the molecule is C/C=C/COc1cc(C)c(OCCCc2ccc(/C(=N/OC)C(C)(C)C)cc2)c(C)c1. The van der Waals surface area contributed by atoms with Crippen LogP contribution in [0.5, 0.6) is 11.5 Å². The fourth-order valence-electron chi connectivity index (χ4n) is 3.46. The summed E-state index contributed by atoms with van der Waals surface area (Å²) in [6.07, 6.45) is 5.91. The number of aryl methyl sites for hydroxylation is 3. The minimum Gasteiger partial charge on any atom is -0.493 e. The Hall–Kier alpha value is -2.75. The fraction of sp³-hybridized carbons (Fsp3) is 0.444. The van der Waals surface area contributed by atoms with Gasteiger partial charge < -0.3 is 14.3 Å². The summed E-state index contributed by atoms with van der Waals surface area (Å²) < 4.78 is 11.9. The number of allylic oxidation sites excluding steroid dienone is 1. The van der Waals surface area contributed by atoms with Gasteiger partial charge in [-0.05, 0) is 68.0 Å². The molecule has 0 aromatic heterocycles. The van der Waals surface area contributed by atoms with Crippen molar-refractivity contribution in [1.29, 1.82) is 0 Å². The van der Waals surface area contributed by atoms with Crippen molar-refractivity contribution in [3.63, 3.8) is 0 Å². The molecular formula is C27H37NO3. The average molecular weight is 424 g/mol. The Kier molecular flexibility index (Phi) is 9.17. The van der Waals surface area contributed by atoms with Gasteiger partial charge >= 0.3 is 0 Å². The zero-order valence-electron chi connectivity index (χ0n) is 20.1. The van der Waals surface area contributed by atoms with E-state index in [1.54, 1.807) is 7.11 Å². The topological polar surface area (TPSA) is 40.0 Å². The van der Waals surface area contributed by atoms with Gasteiger partial charge in [0.05, 0.1) is 12.3 Å². The second-order valence-corrected chi connectivity index (χ2v) is 8.79. The zero-order valence-corrected chi connectivity index (χ0v) is 20.1. The van der Waals surface area contributed by atoms with E-state index in [9.17, 15) is 0 Å². The van der Waals surface area contributed by atoms with Crippen LogP contribution in [-0.4, -0.2) is 26.0 Å². The van der Waals surface area contributed by atoms with Crippen molar-refractivity contribution in [2.45, 2.75) is 54.4 Å². The van der Waals surface area contributed by atoms with Gasteiger partial charge in [0.1, 0.15) is 25.2 Å². The molecular weight excluding hydrogens is 386 g/mol. The van der Waals surface area contributed by atoms with E-state index in [0.29, 0.717) is 13.2 Å². The average Bonchev–Trinajstić information content (AvgIpc) is 2.71. The molecule has 0 aliphatic heterocycles. The smallest absolute Gasteiger partial charge is 0.125 e. The number of hydrogen-bond acceptors (Lipinski definition) is 4. The largest absolute Gasteiger partial charge is 0.493 e. The maximum absolute atomic E-state index is 6.10. The molecule has 0 saturated heterocycles. The fourth-order valence-corrected chi connectivity index (χ4v) is 3.46. The predicted octanol–water partition coefficient (Wildman–Crippen LogP) is 6.67. The number of nitrogens with zero attached hydrogens (tertiary/aromatic N) is 1. The van der Waals surface area contributed by atoms with Gasteiger partial charge in [0, 0.05) is 5.41 Å². The molecule has 0 aliphatic rings. The van der Waals surface area contributed by atoms with E-state index < -0.39 is 0 Å². The van der Waals surface area contributed by atoms with Crippen LogP contribution in [0.2, 0.25) is 0 Å². The lowest BCUT2D eigenvalue weighted by molar-refractivity contribution is 0.209. The Labute approximate surface area is 187 Å². The van der Waals surface area contributed by atoms with Crippen LogP contribution in [0, 0.1) is 19.3 Å². The van der Waals surface area contributed by atoms with Gasteiger partial charge in [0.2, 0.25) is 0 Å². The van der Waals surface area contributed by atoms with Crippen molar-refractivity contribution >= 4 is 5.71 Å². The molecule has 2 aromatic rings. The van der Waals surface area contributed by atoms with Crippen molar-refractivity contribution in [2.24, 2.45) is 10.6 Å². The van der Waals surface area contributed by atoms with Gasteiger partial charge in [-0.1, -0.05) is 62.3 Å². The Morgan fingerprint density at radius 1 is 1.00 bits per heavy atom. The molecule has 31 heavy (non-hydrogen) atoms. The first-order chi connectivity index (χ1) is 14.8. The normalized spacial score (nSPS) is 12.3. The standard InChI is InChI=1S/C27H37NO3/c1-8-9-16-30-24-18-20(2)25(21(3)19-24)31-17-10-11-22-12-14-23(15-13-22)26(28-29-7)27(4,5)6/h8-9,12-15,18-19H,10-11,16-17H2,1-7H3/b9-8+,28-26-. The second kappa shape index (κ2) is 11.6. The lowest BCUT2D eigenvalue weighted by Gasteiger charge is -2.21. The first-order valence-electron chi connectivity index (χ1n) is 10.9. The Bertz CT molecular complexity index is 867. The third-order valence-corrected chi connectivity index (χ3v) is 4.99. The van der Waals surface area contributed by atoms with Crippen LogP contribution in [0.4, 0.5) is 0 Å². The second-order valence-electron chi connectivity index (χ2n) is 8.79. The van der Waals surface area contributed by atoms with Gasteiger partial charge in [-0.3, -0.25) is 0 Å². The molecule has 0 spiro atoms. The highest BCUT2D eigenvalue weighted by Crippen LogP contribution is 2.29. The van der Waals surface area contributed by atoms with Gasteiger partial charge in [0.15, 0.2) is 0 Å². The number of ether oxygens (including phenoxy) is 2. The molecule has 0 atom stereocenters. The minimum absolute atomic E-state index is 0.0750. The first kappa shape index (κ1) is 24.5. The lowest BCUT2D eigenvalue weighted by Crippen LogP contribution is -2.21. The van der Waals surface area contributed by atoms with Crippen molar-refractivity contribution in [3.05, 3.63) is 70.8 Å². The lowest BCUT2D eigenvalue weighted by atomic mass is 9.85. The van der Waals surface area contributed by atoms with E-state index in [0.717, 1.165) is 46.7 Å². The molecule has 0 N–H and O–H groups in total. The van der Waals surface area contributed by atoms with E-state index in [1.165, 1.54) is 5.56 Å². The molecule has 0 aliphatic carbocycles. The van der Waals surface area contributed by atoms with Crippen molar-refractivity contribution in [3.8, 4) is 11.5 Å². The quantitative estimate of drug-likeness (QED) is 0.185. The van der Waals surface area contributed by atoms with Gasteiger partial charge in [-0.2, -0.15) is 0 Å². The third kappa shape index (κ3) is 7.46. The Morgan fingerprint density at radius 3 is 2.19 bits per heavy atom. The molecule has 0 radical (unpaired) electrons. The molecule has 2 aromatic carbocycles. The van der Waals surface area contributed by atoms with E-state index in [1.807, 2.05) is 31.2 Å². The van der Waals surface area contributed by atoms with Crippen molar-refractivity contribution < 1.29 is 14.3 Å². The number of oxime groups is 1. The molecule has 0 fully saturated rings. The van der Waals surface area contributed by atoms with Gasteiger partial charge in [-0.25, -0.2) is 0 Å². The van der Waals surface area contributed by atoms with Crippen LogP contribution in [0.3, 0.4) is 0 Å². The Balaban J connectivity index is 1.91. The summed E-state index contributed by atoms with van der Waals surface area (Å²) in [5.74, 6) is 1.84. The number of benzene rings is 2. The molecule has 0 heterocycles. The van der Waals surface area contributed by atoms with E-state index in [4.69, 9.17) is 14.3 Å². The summed E-state index contributed by atoms with van der Waals surface area (Å²) >= 11 is 0. The maximum atomic E-state index is 6.10. The molecule has 0 bridgehead atoms. The summed E-state index contributed by atoms with van der Waals surface area (Å²) in [7, 11) is 1.59. The summed E-state index contributed by atoms with van der Waals surface area (Å²) in [5.41, 5.74) is 5.47. The first-order valence-corrected chi connectivity index (χ1v) is 10.9. The van der Waals surface area contributed by atoms with Crippen LogP contribution in [0.15, 0.2) is 53.7 Å². The maximum Gasteiger partial charge on any atom is 0.125 e. The van der Waals surface area contributed by atoms with Crippen molar-refractivity contribution in [1.82, 2.24) is 0 Å². The molecule has 4 heteroatoms. The van der Waals surface area contributed by atoms with Crippen LogP contribution in [0.1, 0.15) is 56.4 Å². The van der Waals surface area contributed by atoms with Gasteiger partial charge in [0.25, 0.3) is 0 Å². The number of rotatable bonds is 10. The highest BCUT2D eigenvalue weighted by atomic mass is 16.6. The molecule has 4 nitrogen and oxygen atoms in total. The molecule has 0 unspecified atom stereocenters. The summed E-state index contributed by atoms with van der Waals surface area (Å²) in [6.45, 7) is 13.8. The predicted molar refractivity (Wildman–Crippen MR) is 129 cm³/mol. The molecule has 168 valence electrons. The minimum atomic E-state index is -0.0750. The van der Waals surface area contributed by atoms with Crippen LogP contribution in [-0.2, 0) is 11.3 Å². The van der Waals surface area contributed by atoms with Crippen LogP contribution >= 0.6 is 0 Å². The molecule has 0 saturated carbocycles. The van der Waals surface area contributed by atoms with Crippen LogP contribution in [0.25, 0.3) is 0 Å². The third-order valence-electron chi connectivity index (χ3n) is 4.99. The van der Waals surface area contributed by atoms with Gasteiger partial charge in [-0.15, -0.1) is 0 Å². The molecule has 2 rings (SSSR count). The zero-order chi connectivity index (χ0) is 22.9. The van der Waals surface area contributed by atoms with E-state index in [-0.39, 0.29) is 5.41 Å². The van der Waals surface area contributed by atoms with E-state index in [2.05, 4.69) is 64.0 Å². The highest BCUT2D eigenvalue weighted by molar-refractivity contribution is 6.03.